The first kappa shape index (κ1) is 24.0. The van der Waals surface area contributed by atoms with Gasteiger partial charge in [-0.15, -0.1) is 10.2 Å². The van der Waals surface area contributed by atoms with Crippen LogP contribution in [-0.2, 0) is 4.79 Å². The minimum absolute atomic E-state index is 0.173. The highest BCUT2D eigenvalue weighted by molar-refractivity contribution is 7.99. The molecule has 0 spiro atoms. The number of methoxy groups -OCH3 is 1. The van der Waals surface area contributed by atoms with Crippen molar-refractivity contribution in [1.82, 2.24) is 20.2 Å². The maximum atomic E-state index is 12.5. The molecule has 0 saturated heterocycles. The number of hydrogen-bond acceptors (Lipinski definition) is 6. The summed E-state index contributed by atoms with van der Waals surface area (Å²) in [6.45, 7) is 3.94. The van der Waals surface area contributed by atoms with Crippen molar-refractivity contribution in [2.45, 2.75) is 57.1 Å². The largest absolute Gasteiger partial charge is 0.497 e. The zero-order valence-electron chi connectivity index (χ0n) is 20.0. The minimum Gasteiger partial charge on any atom is -0.497 e. The van der Waals surface area contributed by atoms with E-state index < -0.39 is 0 Å². The van der Waals surface area contributed by atoms with Crippen LogP contribution in [0.3, 0.4) is 0 Å². The lowest BCUT2D eigenvalue weighted by Crippen LogP contribution is -2.22. The lowest BCUT2D eigenvalue weighted by Gasteiger charge is -2.25. The van der Waals surface area contributed by atoms with Gasteiger partial charge >= 0.3 is 0 Å². The second-order valence-electron chi connectivity index (χ2n) is 8.58. The Labute approximate surface area is 205 Å². The van der Waals surface area contributed by atoms with Crippen molar-refractivity contribution in [1.29, 1.82) is 0 Å². The van der Waals surface area contributed by atoms with Gasteiger partial charge in [0.1, 0.15) is 5.75 Å². The number of thioether (sulfide) groups is 1. The van der Waals surface area contributed by atoms with Crippen LogP contribution >= 0.6 is 11.8 Å². The second kappa shape index (κ2) is 11.3. The van der Waals surface area contributed by atoms with Crippen LogP contribution in [0.1, 0.15) is 56.2 Å². The molecule has 1 aliphatic rings. The first-order chi connectivity index (χ1) is 16.5. The summed E-state index contributed by atoms with van der Waals surface area (Å²) in [5.74, 6) is 1.71. The maximum Gasteiger partial charge on any atom is 0.250 e. The molecule has 0 aliphatic heterocycles. The summed E-state index contributed by atoms with van der Waals surface area (Å²) in [7, 11) is 1.63. The number of carbonyl (C=O) groups excluding carboxylic acids is 1. The maximum absolute atomic E-state index is 12.5. The van der Waals surface area contributed by atoms with E-state index in [0.717, 1.165) is 46.4 Å². The van der Waals surface area contributed by atoms with Crippen LogP contribution < -0.4 is 10.2 Å². The van der Waals surface area contributed by atoms with Gasteiger partial charge in [0.25, 0.3) is 5.91 Å². The molecule has 1 fully saturated rings. The van der Waals surface area contributed by atoms with Crippen molar-refractivity contribution in [3.8, 4) is 17.1 Å². The molecule has 0 atom stereocenters. The van der Waals surface area contributed by atoms with E-state index in [1.165, 1.54) is 36.6 Å². The summed E-state index contributed by atoms with van der Waals surface area (Å²) in [6, 6.07) is 16.3. The van der Waals surface area contributed by atoms with Crippen LogP contribution in [0.15, 0.2) is 58.8 Å². The summed E-state index contributed by atoms with van der Waals surface area (Å²) < 4.78 is 7.43. The fraction of sp³-hybridized carbons (Fsp3) is 0.385. The number of aromatic nitrogens is 3. The normalized spacial score (nSPS) is 14.7. The molecular weight excluding hydrogens is 446 g/mol. The van der Waals surface area contributed by atoms with Crippen molar-refractivity contribution in [2.24, 2.45) is 5.10 Å². The Balaban J connectivity index is 1.45. The third-order valence-corrected chi connectivity index (χ3v) is 7.05. The number of nitrogens with one attached hydrogen (secondary N) is 1. The summed E-state index contributed by atoms with van der Waals surface area (Å²) in [5, 5.41) is 14.0. The summed E-state index contributed by atoms with van der Waals surface area (Å²) in [5.41, 5.74) is 6.58. The molecule has 2 aromatic carbocycles. The number of amides is 1. The molecule has 1 aliphatic carbocycles. The van der Waals surface area contributed by atoms with Crippen LogP contribution in [0.4, 0.5) is 0 Å². The van der Waals surface area contributed by atoms with Gasteiger partial charge in [0, 0.05) is 11.6 Å². The predicted octanol–water partition coefficient (Wildman–Crippen LogP) is 5.40. The summed E-state index contributed by atoms with van der Waals surface area (Å²) >= 11 is 1.41. The molecular formula is C26H31N5O2S. The van der Waals surface area contributed by atoms with Crippen molar-refractivity contribution in [2.75, 3.05) is 12.9 Å². The highest BCUT2D eigenvalue weighted by atomic mass is 32.2. The molecule has 1 amide bonds. The molecule has 178 valence electrons. The Morgan fingerprint density at radius 2 is 1.79 bits per heavy atom. The number of hydrazone groups is 1. The summed E-state index contributed by atoms with van der Waals surface area (Å²) in [4.78, 5) is 12.5. The van der Waals surface area contributed by atoms with Gasteiger partial charge in [-0.1, -0.05) is 60.9 Å². The van der Waals surface area contributed by atoms with Gasteiger partial charge in [0.15, 0.2) is 11.0 Å². The Kier molecular flexibility index (Phi) is 8.00. The van der Waals surface area contributed by atoms with Gasteiger partial charge in [-0.25, -0.2) is 5.43 Å². The average Bonchev–Trinajstić information content (AvgIpc) is 3.31. The van der Waals surface area contributed by atoms with Crippen LogP contribution in [0, 0.1) is 6.92 Å². The topological polar surface area (TPSA) is 81.4 Å². The predicted molar refractivity (Wildman–Crippen MR) is 136 cm³/mol. The van der Waals surface area contributed by atoms with Gasteiger partial charge < -0.3 is 4.74 Å². The first-order valence-electron chi connectivity index (χ1n) is 11.7. The molecule has 1 saturated carbocycles. The molecule has 8 heteroatoms. The zero-order valence-corrected chi connectivity index (χ0v) is 20.8. The Morgan fingerprint density at radius 1 is 1.09 bits per heavy atom. The molecule has 1 heterocycles. The number of hydrogen-bond donors (Lipinski definition) is 1. The highest BCUT2D eigenvalue weighted by Gasteiger charge is 2.24. The number of rotatable bonds is 8. The zero-order chi connectivity index (χ0) is 23.9. The summed E-state index contributed by atoms with van der Waals surface area (Å²) in [6.07, 6.45) is 5.92. The van der Waals surface area contributed by atoms with E-state index in [9.17, 15) is 4.79 Å². The molecule has 34 heavy (non-hydrogen) atoms. The van der Waals surface area contributed by atoms with E-state index in [-0.39, 0.29) is 11.7 Å². The third kappa shape index (κ3) is 5.86. The molecule has 4 rings (SSSR count). The van der Waals surface area contributed by atoms with Crippen molar-refractivity contribution >= 4 is 23.4 Å². The van der Waals surface area contributed by atoms with Crippen molar-refractivity contribution in [3.63, 3.8) is 0 Å². The Morgan fingerprint density at radius 3 is 2.47 bits per heavy atom. The van der Waals surface area contributed by atoms with Crippen LogP contribution in [-0.4, -0.2) is 39.2 Å². The average molecular weight is 478 g/mol. The Bertz CT molecular complexity index is 1130. The van der Waals surface area contributed by atoms with Crippen LogP contribution in [0.5, 0.6) is 5.75 Å². The van der Waals surface area contributed by atoms with Gasteiger partial charge in [-0.3, -0.25) is 9.36 Å². The fourth-order valence-corrected chi connectivity index (χ4v) is 4.95. The monoisotopic (exact) mass is 477 g/mol. The molecule has 7 nitrogen and oxygen atoms in total. The molecule has 3 aromatic rings. The number of ether oxygens (including phenoxy) is 1. The number of nitrogens with zero attached hydrogens (tertiary/aromatic N) is 4. The van der Waals surface area contributed by atoms with Gasteiger partial charge in [-0.05, 0) is 56.5 Å². The lowest BCUT2D eigenvalue weighted by atomic mass is 9.95. The molecule has 0 radical (unpaired) electrons. The second-order valence-corrected chi connectivity index (χ2v) is 9.53. The van der Waals surface area contributed by atoms with Gasteiger partial charge in [0.05, 0.1) is 18.6 Å². The van der Waals surface area contributed by atoms with Crippen molar-refractivity contribution < 1.29 is 9.53 Å². The van der Waals surface area contributed by atoms with E-state index in [4.69, 9.17) is 4.74 Å². The smallest absolute Gasteiger partial charge is 0.250 e. The molecule has 0 bridgehead atoms. The molecule has 1 N–H and O–H groups in total. The van der Waals surface area contributed by atoms with E-state index in [0.29, 0.717) is 6.04 Å². The number of carbonyl (C=O) groups is 1. The van der Waals surface area contributed by atoms with E-state index in [1.54, 1.807) is 7.11 Å². The van der Waals surface area contributed by atoms with E-state index >= 15 is 0 Å². The van der Waals surface area contributed by atoms with Crippen LogP contribution in [0.2, 0.25) is 0 Å². The number of benzene rings is 2. The quantitative estimate of drug-likeness (QED) is 0.267. The SMILES string of the molecule is COc1ccc(C(C)=NNC(=O)CSc2nnc(-c3ccc(C)cc3)n2C2CCCCC2)cc1. The molecule has 1 aromatic heterocycles. The van der Waals surface area contributed by atoms with E-state index in [2.05, 4.69) is 56.5 Å². The van der Waals surface area contributed by atoms with Gasteiger partial charge in [0.2, 0.25) is 0 Å². The Hall–Kier alpha value is -3.13. The van der Waals surface area contributed by atoms with Crippen molar-refractivity contribution in [3.05, 3.63) is 59.7 Å². The third-order valence-electron chi connectivity index (χ3n) is 6.10. The highest BCUT2D eigenvalue weighted by Crippen LogP contribution is 2.35. The molecule has 0 unspecified atom stereocenters. The standard InChI is InChI=1S/C26H31N5O2S/c1-18-9-11-21(12-10-18)25-29-30-26(31(25)22-7-5-4-6-8-22)34-17-24(32)28-27-19(2)20-13-15-23(33-3)16-14-20/h9-16,22H,4-8,17H2,1-3H3,(H,28,32). The van der Waals surface area contributed by atoms with Crippen LogP contribution in [0.25, 0.3) is 11.4 Å². The fourth-order valence-electron chi connectivity index (χ4n) is 4.15. The van der Waals surface area contributed by atoms with E-state index in [1.807, 2.05) is 31.2 Å². The number of aryl methyl sites for hydroxylation is 1. The lowest BCUT2D eigenvalue weighted by molar-refractivity contribution is -0.118. The van der Waals surface area contributed by atoms with Gasteiger partial charge in [-0.2, -0.15) is 5.10 Å². The first-order valence-corrected chi connectivity index (χ1v) is 12.7. The minimum atomic E-state index is -0.173.